The van der Waals surface area contributed by atoms with Gasteiger partial charge in [0, 0.05) is 19.7 Å². The number of ether oxygens (including phenoxy) is 1. The molecule has 1 rings (SSSR count). The number of aliphatic hydroxyl groups is 1. The molecule has 1 heterocycles. The molecule has 0 aliphatic heterocycles. The summed E-state index contributed by atoms with van der Waals surface area (Å²) in [5.74, 6) is 0. The minimum atomic E-state index is -0.654. The van der Waals surface area contributed by atoms with E-state index in [9.17, 15) is 9.90 Å². The molecule has 0 saturated carbocycles. The van der Waals surface area contributed by atoms with E-state index in [0.717, 1.165) is 5.56 Å². The Kier molecular flexibility index (Phi) is 6.61. The zero-order valence-electron chi connectivity index (χ0n) is 9.81. The van der Waals surface area contributed by atoms with Crippen LogP contribution >= 0.6 is 11.3 Å². The van der Waals surface area contributed by atoms with E-state index in [1.807, 2.05) is 23.8 Å². The van der Waals surface area contributed by atoms with E-state index in [2.05, 4.69) is 10.6 Å². The first-order valence-corrected chi connectivity index (χ1v) is 6.48. The predicted octanol–water partition coefficient (Wildman–Crippen LogP) is 1.12. The van der Waals surface area contributed by atoms with Gasteiger partial charge in [-0.2, -0.15) is 11.3 Å². The maximum Gasteiger partial charge on any atom is 0.314 e. The fourth-order valence-corrected chi connectivity index (χ4v) is 1.92. The Bertz CT molecular complexity index is 317. The largest absolute Gasteiger partial charge is 0.387 e. The molecule has 5 nitrogen and oxygen atoms in total. The molecule has 0 bridgehead atoms. The number of nitrogens with one attached hydrogen (secondary N) is 2. The number of hydrogen-bond donors (Lipinski definition) is 3. The first-order valence-electron chi connectivity index (χ1n) is 5.53. The maximum absolute atomic E-state index is 11.3. The smallest absolute Gasteiger partial charge is 0.314 e. The van der Waals surface area contributed by atoms with Crippen molar-refractivity contribution in [1.82, 2.24) is 10.6 Å². The molecule has 2 amide bonds. The first-order chi connectivity index (χ1) is 8.24. The molecule has 1 aromatic heterocycles. The summed E-state index contributed by atoms with van der Waals surface area (Å²) < 4.78 is 5.08. The summed E-state index contributed by atoms with van der Waals surface area (Å²) in [6, 6.07) is 1.54. The lowest BCUT2D eigenvalue weighted by molar-refractivity contribution is 0.148. The fraction of sp³-hybridized carbons (Fsp3) is 0.545. The third kappa shape index (κ3) is 5.67. The van der Waals surface area contributed by atoms with Crippen LogP contribution in [0.25, 0.3) is 0 Å². The molecule has 1 aromatic rings. The van der Waals surface area contributed by atoms with E-state index in [1.54, 1.807) is 0 Å². The lowest BCUT2D eigenvalue weighted by Gasteiger charge is -2.11. The van der Waals surface area contributed by atoms with Crippen molar-refractivity contribution in [2.45, 2.75) is 13.0 Å². The predicted molar refractivity (Wildman–Crippen MR) is 67.2 cm³/mol. The van der Waals surface area contributed by atoms with Crippen molar-refractivity contribution in [3.63, 3.8) is 0 Å². The molecule has 3 N–H and O–H groups in total. The van der Waals surface area contributed by atoms with Crippen molar-refractivity contribution in [3.05, 3.63) is 22.4 Å². The molecule has 0 aliphatic carbocycles. The molecule has 6 heteroatoms. The minimum absolute atomic E-state index is 0.206. The molecule has 0 aromatic carbocycles. The van der Waals surface area contributed by atoms with Crippen LogP contribution in [0.2, 0.25) is 0 Å². The highest BCUT2D eigenvalue weighted by Crippen LogP contribution is 2.14. The van der Waals surface area contributed by atoms with Crippen molar-refractivity contribution in [3.8, 4) is 0 Å². The van der Waals surface area contributed by atoms with Gasteiger partial charge >= 0.3 is 6.03 Å². The Labute approximate surface area is 105 Å². The number of urea groups is 1. The minimum Gasteiger partial charge on any atom is -0.387 e. The van der Waals surface area contributed by atoms with Gasteiger partial charge in [0.15, 0.2) is 0 Å². The monoisotopic (exact) mass is 258 g/mol. The van der Waals surface area contributed by atoms with Gasteiger partial charge in [-0.15, -0.1) is 0 Å². The molecule has 1 atom stereocenters. The second-order valence-corrected chi connectivity index (χ2v) is 4.19. The molecule has 1 unspecified atom stereocenters. The summed E-state index contributed by atoms with van der Waals surface area (Å²) in [4.78, 5) is 11.3. The molecule has 17 heavy (non-hydrogen) atoms. The van der Waals surface area contributed by atoms with Gasteiger partial charge in [0.2, 0.25) is 0 Å². The van der Waals surface area contributed by atoms with E-state index >= 15 is 0 Å². The average Bonchev–Trinajstić information content (AvgIpc) is 2.85. The third-order valence-corrected chi connectivity index (χ3v) is 2.82. The van der Waals surface area contributed by atoms with Crippen LogP contribution in [0.15, 0.2) is 16.8 Å². The van der Waals surface area contributed by atoms with E-state index in [0.29, 0.717) is 19.8 Å². The lowest BCUT2D eigenvalue weighted by Crippen LogP contribution is -2.39. The van der Waals surface area contributed by atoms with Crippen LogP contribution in [-0.2, 0) is 4.74 Å². The Hall–Kier alpha value is -1.11. The second kappa shape index (κ2) is 8.05. The zero-order chi connectivity index (χ0) is 12.5. The highest BCUT2D eigenvalue weighted by atomic mass is 32.1. The second-order valence-electron chi connectivity index (χ2n) is 3.41. The van der Waals surface area contributed by atoms with E-state index in [-0.39, 0.29) is 12.6 Å². The van der Waals surface area contributed by atoms with Gasteiger partial charge in [0.25, 0.3) is 0 Å². The van der Waals surface area contributed by atoms with Gasteiger partial charge in [-0.1, -0.05) is 0 Å². The molecule has 0 spiro atoms. The van der Waals surface area contributed by atoms with Crippen LogP contribution in [0.3, 0.4) is 0 Å². The molecular weight excluding hydrogens is 240 g/mol. The van der Waals surface area contributed by atoms with Gasteiger partial charge in [0.05, 0.1) is 12.7 Å². The Morgan fingerprint density at radius 2 is 2.41 bits per heavy atom. The van der Waals surface area contributed by atoms with E-state index in [4.69, 9.17) is 4.74 Å². The van der Waals surface area contributed by atoms with Crippen LogP contribution in [0.4, 0.5) is 4.79 Å². The molecule has 0 radical (unpaired) electrons. The van der Waals surface area contributed by atoms with Gasteiger partial charge in [-0.25, -0.2) is 4.79 Å². The van der Waals surface area contributed by atoms with Crippen molar-refractivity contribution in [2.75, 3.05) is 26.3 Å². The quantitative estimate of drug-likeness (QED) is 0.642. The molecule has 96 valence electrons. The highest BCUT2D eigenvalue weighted by Gasteiger charge is 2.09. The molecule has 0 fully saturated rings. The van der Waals surface area contributed by atoms with Crippen molar-refractivity contribution >= 4 is 17.4 Å². The summed E-state index contributed by atoms with van der Waals surface area (Å²) in [7, 11) is 0. The van der Waals surface area contributed by atoms with Gasteiger partial charge in [-0.05, 0) is 29.3 Å². The van der Waals surface area contributed by atoms with Crippen molar-refractivity contribution < 1.29 is 14.6 Å². The topological polar surface area (TPSA) is 70.6 Å². The average molecular weight is 258 g/mol. The number of aliphatic hydroxyl groups excluding tert-OH is 1. The fourth-order valence-electron chi connectivity index (χ4n) is 1.22. The number of carbonyl (C=O) groups excluding carboxylic acids is 1. The molecular formula is C11H18N2O3S. The summed E-state index contributed by atoms with van der Waals surface area (Å²) in [5, 5.41) is 18.7. The van der Waals surface area contributed by atoms with Crippen LogP contribution in [0.1, 0.15) is 18.6 Å². The Balaban J connectivity index is 2.11. The van der Waals surface area contributed by atoms with Gasteiger partial charge < -0.3 is 20.5 Å². The standard InChI is InChI=1S/C11H18N2O3S/c1-2-16-5-4-12-11(15)13-7-10(14)9-3-6-17-8-9/h3,6,8,10,14H,2,4-5,7H2,1H3,(H2,12,13,15). The van der Waals surface area contributed by atoms with Crippen LogP contribution in [-0.4, -0.2) is 37.4 Å². The van der Waals surface area contributed by atoms with E-state index < -0.39 is 6.10 Å². The van der Waals surface area contributed by atoms with Gasteiger partial charge in [-0.3, -0.25) is 0 Å². The first kappa shape index (κ1) is 14.0. The highest BCUT2D eigenvalue weighted by molar-refractivity contribution is 7.07. The van der Waals surface area contributed by atoms with Crippen LogP contribution in [0.5, 0.6) is 0 Å². The zero-order valence-corrected chi connectivity index (χ0v) is 10.6. The summed E-state index contributed by atoms with van der Waals surface area (Å²) in [6.45, 7) is 3.71. The Morgan fingerprint density at radius 1 is 1.59 bits per heavy atom. The number of hydrogen-bond acceptors (Lipinski definition) is 4. The van der Waals surface area contributed by atoms with Crippen LogP contribution in [0, 0.1) is 0 Å². The Morgan fingerprint density at radius 3 is 3.06 bits per heavy atom. The number of thiophene rings is 1. The number of carbonyl (C=O) groups is 1. The lowest BCUT2D eigenvalue weighted by atomic mass is 10.2. The van der Waals surface area contributed by atoms with E-state index in [1.165, 1.54) is 11.3 Å². The molecule has 0 saturated heterocycles. The normalized spacial score (nSPS) is 12.1. The summed E-state index contributed by atoms with van der Waals surface area (Å²) in [6.07, 6.45) is -0.654. The SMILES string of the molecule is CCOCCNC(=O)NCC(O)c1ccsc1. The summed E-state index contributed by atoms with van der Waals surface area (Å²) >= 11 is 1.52. The van der Waals surface area contributed by atoms with Crippen molar-refractivity contribution in [2.24, 2.45) is 0 Å². The molecule has 0 aliphatic rings. The van der Waals surface area contributed by atoms with Crippen LogP contribution < -0.4 is 10.6 Å². The summed E-state index contributed by atoms with van der Waals surface area (Å²) in [5.41, 5.74) is 0.824. The third-order valence-electron chi connectivity index (χ3n) is 2.12. The maximum atomic E-state index is 11.3. The number of amides is 2. The number of rotatable bonds is 7. The van der Waals surface area contributed by atoms with Gasteiger partial charge in [0.1, 0.15) is 0 Å². The van der Waals surface area contributed by atoms with Crippen molar-refractivity contribution in [1.29, 1.82) is 0 Å².